The molecule has 1 fully saturated rings. The van der Waals surface area contributed by atoms with Gasteiger partial charge in [-0.15, -0.1) is 0 Å². The first-order valence-electron chi connectivity index (χ1n) is 6.22. The normalized spacial score (nSPS) is 18.8. The van der Waals surface area contributed by atoms with Crippen molar-refractivity contribution in [3.63, 3.8) is 0 Å². The number of anilines is 1. The number of rotatable bonds is 4. The largest absolute Gasteiger partial charge is 0.369 e. The zero-order valence-corrected chi connectivity index (χ0v) is 10.9. The lowest BCUT2D eigenvalue weighted by molar-refractivity contribution is 0.316. The van der Waals surface area contributed by atoms with Gasteiger partial charge in [-0.3, -0.25) is 0 Å². The van der Waals surface area contributed by atoms with Crippen LogP contribution in [0.2, 0.25) is 0 Å². The number of hydrogen-bond donors (Lipinski definition) is 3. The SMILES string of the molecule is CC(C)(C)[C@@H](N)CNc1ccnn1C1CNC1. The minimum Gasteiger partial charge on any atom is -0.369 e. The number of nitrogens with two attached hydrogens (primary N) is 1. The van der Waals surface area contributed by atoms with Crippen LogP contribution in [0.3, 0.4) is 0 Å². The van der Waals surface area contributed by atoms with E-state index in [1.165, 1.54) is 0 Å². The van der Waals surface area contributed by atoms with E-state index in [1.807, 2.05) is 16.9 Å². The van der Waals surface area contributed by atoms with Crippen molar-refractivity contribution in [2.24, 2.45) is 11.1 Å². The second-order valence-electron chi connectivity index (χ2n) is 5.83. The van der Waals surface area contributed by atoms with Gasteiger partial charge in [0.25, 0.3) is 0 Å². The van der Waals surface area contributed by atoms with Gasteiger partial charge in [0.15, 0.2) is 0 Å². The van der Waals surface area contributed by atoms with Crippen molar-refractivity contribution in [1.29, 1.82) is 0 Å². The van der Waals surface area contributed by atoms with Crippen molar-refractivity contribution in [3.8, 4) is 0 Å². The van der Waals surface area contributed by atoms with Crippen LogP contribution in [0.15, 0.2) is 12.3 Å². The molecule has 0 bridgehead atoms. The molecular weight excluding hydrogens is 214 g/mol. The minimum atomic E-state index is 0.121. The van der Waals surface area contributed by atoms with Gasteiger partial charge in [-0.25, -0.2) is 4.68 Å². The summed E-state index contributed by atoms with van der Waals surface area (Å²) in [6, 6.07) is 2.62. The maximum Gasteiger partial charge on any atom is 0.124 e. The number of nitrogens with zero attached hydrogens (tertiary/aromatic N) is 2. The Morgan fingerprint density at radius 3 is 2.82 bits per heavy atom. The molecule has 2 heterocycles. The van der Waals surface area contributed by atoms with Crippen molar-refractivity contribution >= 4 is 5.82 Å². The Morgan fingerprint density at radius 2 is 2.29 bits per heavy atom. The average molecular weight is 237 g/mol. The molecule has 2 rings (SSSR count). The average Bonchev–Trinajstić information content (AvgIpc) is 2.58. The lowest BCUT2D eigenvalue weighted by Crippen LogP contribution is -2.45. The van der Waals surface area contributed by atoms with Gasteiger partial charge in [0, 0.05) is 31.7 Å². The van der Waals surface area contributed by atoms with Crippen molar-refractivity contribution < 1.29 is 0 Å². The van der Waals surface area contributed by atoms with Crippen molar-refractivity contribution in [3.05, 3.63) is 12.3 Å². The maximum absolute atomic E-state index is 6.14. The Hall–Kier alpha value is -1.07. The molecule has 1 saturated heterocycles. The standard InChI is InChI=1S/C12H23N5/c1-12(2,3)10(13)8-15-11-4-5-16-17(11)9-6-14-7-9/h4-5,9-10,14-15H,6-8,13H2,1-3H3/t10-/m0/s1. The number of nitrogens with one attached hydrogen (secondary N) is 2. The summed E-state index contributed by atoms with van der Waals surface area (Å²) in [7, 11) is 0. The van der Waals surface area contributed by atoms with Crippen LogP contribution >= 0.6 is 0 Å². The Balaban J connectivity index is 1.93. The van der Waals surface area contributed by atoms with E-state index in [0.717, 1.165) is 25.5 Å². The van der Waals surface area contributed by atoms with Crippen LogP contribution in [0.5, 0.6) is 0 Å². The van der Waals surface area contributed by atoms with Crippen LogP contribution in [0.1, 0.15) is 26.8 Å². The summed E-state index contributed by atoms with van der Waals surface area (Å²) >= 11 is 0. The van der Waals surface area contributed by atoms with Crippen LogP contribution in [0.25, 0.3) is 0 Å². The molecule has 1 aromatic rings. The highest BCUT2D eigenvalue weighted by Gasteiger charge is 2.23. The van der Waals surface area contributed by atoms with Crippen molar-refractivity contribution in [2.45, 2.75) is 32.9 Å². The number of aromatic nitrogens is 2. The van der Waals surface area contributed by atoms with Crippen LogP contribution < -0.4 is 16.4 Å². The third-order valence-corrected chi connectivity index (χ3v) is 3.39. The second kappa shape index (κ2) is 4.66. The molecule has 1 aliphatic heterocycles. The zero-order chi connectivity index (χ0) is 12.5. The van der Waals surface area contributed by atoms with Crippen LogP contribution in [0, 0.1) is 5.41 Å². The molecule has 0 amide bonds. The molecule has 0 aliphatic carbocycles. The Morgan fingerprint density at radius 1 is 1.59 bits per heavy atom. The van der Waals surface area contributed by atoms with Gasteiger partial charge in [0.05, 0.1) is 12.2 Å². The molecule has 5 heteroatoms. The number of hydrogen-bond acceptors (Lipinski definition) is 4. The fourth-order valence-electron chi connectivity index (χ4n) is 1.71. The Kier molecular flexibility index (Phi) is 3.40. The van der Waals surface area contributed by atoms with E-state index in [9.17, 15) is 0 Å². The van der Waals surface area contributed by atoms with Gasteiger partial charge in [-0.2, -0.15) is 5.10 Å². The first-order valence-corrected chi connectivity index (χ1v) is 6.22. The molecule has 0 spiro atoms. The van der Waals surface area contributed by atoms with Crippen LogP contribution in [0.4, 0.5) is 5.82 Å². The van der Waals surface area contributed by atoms with E-state index in [-0.39, 0.29) is 11.5 Å². The smallest absolute Gasteiger partial charge is 0.124 e. The molecule has 0 radical (unpaired) electrons. The predicted molar refractivity (Wildman–Crippen MR) is 70.1 cm³/mol. The molecule has 1 aliphatic rings. The molecule has 0 unspecified atom stereocenters. The highest BCUT2D eigenvalue weighted by Crippen LogP contribution is 2.20. The molecule has 0 aromatic carbocycles. The summed E-state index contributed by atoms with van der Waals surface area (Å²) in [5, 5.41) is 11.0. The van der Waals surface area contributed by atoms with E-state index >= 15 is 0 Å². The highest BCUT2D eigenvalue weighted by molar-refractivity contribution is 5.35. The molecular formula is C12H23N5. The van der Waals surface area contributed by atoms with Gasteiger partial charge in [0.2, 0.25) is 0 Å². The fraction of sp³-hybridized carbons (Fsp3) is 0.750. The van der Waals surface area contributed by atoms with E-state index in [1.54, 1.807) is 0 Å². The summed E-state index contributed by atoms with van der Waals surface area (Å²) in [6.07, 6.45) is 1.84. The molecule has 5 nitrogen and oxygen atoms in total. The van der Waals surface area contributed by atoms with Crippen LogP contribution in [-0.4, -0.2) is 35.5 Å². The Labute approximate surface area is 103 Å². The summed E-state index contributed by atoms with van der Waals surface area (Å²) in [4.78, 5) is 0. The minimum absolute atomic E-state index is 0.121. The monoisotopic (exact) mass is 237 g/mol. The van der Waals surface area contributed by atoms with E-state index < -0.39 is 0 Å². The van der Waals surface area contributed by atoms with Gasteiger partial charge >= 0.3 is 0 Å². The Bertz CT molecular complexity index is 361. The first-order chi connectivity index (χ1) is 7.98. The maximum atomic E-state index is 6.14. The quantitative estimate of drug-likeness (QED) is 0.725. The fourth-order valence-corrected chi connectivity index (χ4v) is 1.71. The first kappa shape index (κ1) is 12.4. The highest BCUT2D eigenvalue weighted by atomic mass is 15.4. The molecule has 96 valence electrons. The summed E-state index contributed by atoms with van der Waals surface area (Å²) in [5.41, 5.74) is 6.26. The predicted octanol–water partition coefficient (Wildman–Crippen LogP) is 0.813. The van der Waals surface area contributed by atoms with E-state index in [4.69, 9.17) is 5.73 Å². The van der Waals surface area contributed by atoms with Crippen molar-refractivity contribution in [2.75, 3.05) is 25.0 Å². The summed E-state index contributed by atoms with van der Waals surface area (Å²) in [5.74, 6) is 1.07. The summed E-state index contributed by atoms with van der Waals surface area (Å²) in [6.45, 7) is 9.25. The van der Waals surface area contributed by atoms with Crippen LogP contribution in [-0.2, 0) is 0 Å². The zero-order valence-electron chi connectivity index (χ0n) is 10.9. The van der Waals surface area contributed by atoms with E-state index in [0.29, 0.717) is 6.04 Å². The summed E-state index contributed by atoms with van der Waals surface area (Å²) < 4.78 is 2.05. The van der Waals surface area contributed by atoms with Crippen molar-refractivity contribution in [1.82, 2.24) is 15.1 Å². The second-order valence-corrected chi connectivity index (χ2v) is 5.83. The third-order valence-electron chi connectivity index (χ3n) is 3.39. The molecule has 0 saturated carbocycles. The molecule has 17 heavy (non-hydrogen) atoms. The third kappa shape index (κ3) is 2.79. The van der Waals surface area contributed by atoms with Gasteiger partial charge in [-0.05, 0) is 5.41 Å². The molecule has 4 N–H and O–H groups in total. The van der Waals surface area contributed by atoms with Gasteiger partial charge in [-0.1, -0.05) is 20.8 Å². The molecule has 1 aromatic heterocycles. The lowest BCUT2D eigenvalue weighted by Gasteiger charge is -2.30. The topological polar surface area (TPSA) is 67.9 Å². The lowest BCUT2D eigenvalue weighted by atomic mass is 9.87. The van der Waals surface area contributed by atoms with Gasteiger partial charge in [0.1, 0.15) is 5.82 Å². The van der Waals surface area contributed by atoms with Gasteiger partial charge < -0.3 is 16.4 Å². The van der Waals surface area contributed by atoms with E-state index in [2.05, 4.69) is 36.5 Å². The molecule has 1 atom stereocenters.